The standard InChI is InChI=1S/C25H35N7O5S/c1-19-14-31(20(2)17-33)25(34)6-4-12-30-15-21(27-28-30)18-37-24(19)16-29(3)38(35,36)23-9-7-22(8-10-23)32-13-5-11-26-32/h5,7-11,13,15,19-20,24,33H,4,6,12,14,16-18H2,1-3H3/t19-,20-,24+/m1/s1. The number of aromatic nitrogens is 5. The maximum Gasteiger partial charge on any atom is 0.242 e. The number of carbonyl (C=O) groups is 1. The quantitative estimate of drug-likeness (QED) is 0.469. The Labute approximate surface area is 222 Å². The Balaban J connectivity index is 1.55. The zero-order valence-corrected chi connectivity index (χ0v) is 22.7. The van der Waals surface area contributed by atoms with Crippen molar-refractivity contribution in [3.05, 3.63) is 54.6 Å². The molecular formula is C25H35N7O5S. The van der Waals surface area contributed by atoms with Gasteiger partial charge in [-0.15, -0.1) is 5.10 Å². The van der Waals surface area contributed by atoms with Crippen molar-refractivity contribution in [1.82, 2.24) is 34.0 Å². The molecule has 0 spiro atoms. The van der Waals surface area contributed by atoms with Gasteiger partial charge in [-0.05, 0) is 43.7 Å². The number of aliphatic hydroxyl groups excluding tert-OH is 1. The van der Waals surface area contributed by atoms with E-state index >= 15 is 0 Å². The van der Waals surface area contributed by atoms with Gasteiger partial charge in [0.25, 0.3) is 0 Å². The molecule has 3 atom stereocenters. The number of hydrogen-bond donors (Lipinski definition) is 1. The fraction of sp³-hybridized carbons (Fsp3) is 0.520. The predicted molar refractivity (Wildman–Crippen MR) is 139 cm³/mol. The van der Waals surface area contributed by atoms with Crippen molar-refractivity contribution in [2.24, 2.45) is 5.92 Å². The first-order chi connectivity index (χ1) is 18.2. The van der Waals surface area contributed by atoms with Gasteiger partial charge >= 0.3 is 0 Å². The second-order valence-corrected chi connectivity index (χ2v) is 11.8. The summed E-state index contributed by atoms with van der Waals surface area (Å²) in [6.07, 6.45) is 5.56. The molecule has 0 saturated carbocycles. The smallest absolute Gasteiger partial charge is 0.242 e. The zero-order chi connectivity index (χ0) is 27.3. The molecule has 3 heterocycles. The molecule has 0 aliphatic carbocycles. The third-order valence-corrected chi connectivity index (χ3v) is 8.63. The number of aliphatic hydroxyl groups is 1. The second kappa shape index (κ2) is 12.2. The number of benzene rings is 1. The summed E-state index contributed by atoms with van der Waals surface area (Å²) < 4.78 is 37.7. The van der Waals surface area contributed by atoms with Crippen molar-refractivity contribution in [2.75, 3.05) is 26.7 Å². The Bertz CT molecular complexity index is 1290. The lowest BCUT2D eigenvalue weighted by Crippen LogP contribution is -2.47. The molecule has 2 bridgehead atoms. The molecule has 4 rings (SSSR count). The molecule has 38 heavy (non-hydrogen) atoms. The normalized spacial score (nSPS) is 20.6. The third-order valence-electron chi connectivity index (χ3n) is 6.80. The van der Waals surface area contributed by atoms with Crippen LogP contribution in [0.1, 0.15) is 32.4 Å². The number of hydrogen-bond acceptors (Lipinski definition) is 8. The molecule has 2 aromatic heterocycles. The van der Waals surface area contributed by atoms with E-state index in [1.165, 1.54) is 11.4 Å². The summed E-state index contributed by atoms with van der Waals surface area (Å²) in [4.78, 5) is 14.8. The van der Waals surface area contributed by atoms with Crippen molar-refractivity contribution in [3.63, 3.8) is 0 Å². The summed E-state index contributed by atoms with van der Waals surface area (Å²) in [6, 6.07) is 7.94. The minimum Gasteiger partial charge on any atom is -0.394 e. The lowest BCUT2D eigenvalue weighted by Gasteiger charge is -2.35. The molecular weight excluding hydrogens is 510 g/mol. The molecule has 12 nitrogen and oxygen atoms in total. The molecule has 0 unspecified atom stereocenters. The van der Waals surface area contributed by atoms with Gasteiger partial charge in [0.15, 0.2) is 0 Å². The summed E-state index contributed by atoms with van der Waals surface area (Å²) in [6.45, 7) is 4.63. The van der Waals surface area contributed by atoms with Crippen LogP contribution in [0.25, 0.3) is 5.69 Å². The molecule has 0 saturated heterocycles. The Kier molecular flexibility index (Phi) is 8.92. The van der Waals surface area contributed by atoms with E-state index < -0.39 is 16.1 Å². The zero-order valence-electron chi connectivity index (χ0n) is 21.9. The van der Waals surface area contributed by atoms with Gasteiger partial charge in [0, 0.05) is 51.4 Å². The van der Waals surface area contributed by atoms with Crippen LogP contribution in [0.3, 0.4) is 0 Å². The van der Waals surface area contributed by atoms with E-state index in [0.29, 0.717) is 31.6 Å². The topological polar surface area (TPSA) is 136 Å². The van der Waals surface area contributed by atoms with Gasteiger partial charge in [-0.25, -0.2) is 13.1 Å². The van der Waals surface area contributed by atoms with E-state index in [9.17, 15) is 18.3 Å². The van der Waals surface area contributed by atoms with Crippen molar-refractivity contribution < 1.29 is 23.1 Å². The van der Waals surface area contributed by atoms with Crippen LogP contribution in [0, 0.1) is 5.92 Å². The van der Waals surface area contributed by atoms with Crippen molar-refractivity contribution in [2.45, 2.75) is 56.9 Å². The van der Waals surface area contributed by atoms with E-state index in [2.05, 4.69) is 15.4 Å². The highest BCUT2D eigenvalue weighted by atomic mass is 32.2. The fourth-order valence-corrected chi connectivity index (χ4v) is 5.60. The van der Waals surface area contributed by atoms with E-state index in [1.54, 1.807) is 70.1 Å². The highest BCUT2D eigenvalue weighted by Crippen LogP contribution is 2.21. The van der Waals surface area contributed by atoms with Crippen LogP contribution in [0.2, 0.25) is 0 Å². The number of amides is 1. The summed E-state index contributed by atoms with van der Waals surface area (Å²) in [7, 11) is -2.30. The fourth-order valence-electron chi connectivity index (χ4n) is 4.42. The number of ether oxygens (including phenoxy) is 1. The molecule has 13 heteroatoms. The minimum atomic E-state index is -3.82. The Morgan fingerprint density at radius 2 is 2.03 bits per heavy atom. The van der Waals surface area contributed by atoms with Crippen LogP contribution in [0.5, 0.6) is 0 Å². The van der Waals surface area contributed by atoms with Crippen LogP contribution in [-0.4, -0.2) is 92.3 Å². The van der Waals surface area contributed by atoms with Gasteiger partial charge in [-0.1, -0.05) is 12.1 Å². The molecule has 1 aromatic carbocycles. The predicted octanol–water partition coefficient (Wildman–Crippen LogP) is 1.31. The molecule has 1 aliphatic rings. The van der Waals surface area contributed by atoms with Gasteiger partial charge in [0.1, 0.15) is 5.69 Å². The monoisotopic (exact) mass is 545 g/mol. The van der Waals surface area contributed by atoms with Gasteiger partial charge < -0.3 is 14.7 Å². The minimum absolute atomic E-state index is 0.0636. The SMILES string of the molecule is C[C@@H]1CN([C@H](C)CO)C(=O)CCCn2cc(nn2)CO[C@H]1CN(C)S(=O)(=O)c1ccc(-n2cccn2)cc1. The summed E-state index contributed by atoms with van der Waals surface area (Å²) in [5.41, 5.74) is 1.38. The highest BCUT2D eigenvalue weighted by molar-refractivity contribution is 7.89. The van der Waals surface area contributed by atoms with Gasteiger partial charge in [0.05, 0.1) is 42.1 Å². The van der Waals surface area contributed by atoms with Crippen molar-refractivity contribution in [3.8, 4) is 5.69 Å². The van der Waals surface area contributed by atoms with Gasteiger partial charge in [-0.2, -0.15) is 9.40 Å². The number of fused-ring (bicyclic) bond motifs is 2. The Morgan fingerprint density at radius 1 is 1.26 bits per heavy atom. The van der Waals surface area contributed by atoms with E-state index in [-0.39, 0.29) is 42.5 Å². The molecule has 0 fully saturated rings. The Morgan fingerprint density at radius 3 is 2.71 bits per heavy atom. The summed E-state index contributed by atoms with van der Waals surface area (Å²) >= 11 is 0. The third kappa shape index (κ3) is 6.46. The van der Waals surface area contributed by atoms with Crippen LogP contribution < -0.4 is 0 Å². The van der Waals surface area contributed by atoms with Crippen molar-refractivity contribution >= 4 is 15.9 Å². The first-order valence-electron chi connectivity index (χ1n) is 12.7. The van der Waals surface area contributed by atoms with Crippen LogP contribution in [-0.2, 0) is 32.7 Å². The molecule has 206 valence electrons. The number of aryl methyl sites for hydroxylation is 1. The lowest BCUT2D eigenvalue weighted by atomic mass is 10.0. The van der Waals surface area contributed by atoms with Crippen LogP contribution >= 0.6 is 0 Å². The average Bonchev–Trinajstić information content (AvgIpc) is 3.61. The van der Waals surface area contributed by atoms with Crippen LogP contribution in [0.4, 0.5) is 0 Å². The van der Waals surface area contributed by atoms with Gasteiger partial charge in [0.2, 0.25) is 15.9 Å². The number of nitrogens with zero attached hydrogens (tertiary/aromatic N) is 7. The first-order valence-corrected chi connectivity index (χ1v) is 14.1. The largest absolute Gasteiger partial charge is 0.394 e. The van der Waals surface area contributed by atoms with Crippen LogP contribution in [0.15, 0.2) is 53.8 Å². The lowest BCUT2D eigenvalue weighted by molar-refractivity contribution is -0.136. The maximum atomic E-state index is 13.4. The van der Waals surface area contributed by atoms with E-state index in [4.69, 9.17) is 4.74 Å². The number of carbonyl (C=O) groups excluding carboxylic acids is 1. The molecule has 3 aromatic rings. The number of sulfonamides is 1. The Hall–Kier alpha value is -3.13. The average molecular weight is 546 g/mol. The first kappa shape index (κ1) is 27.9. The highest BCUT2D eigenvalue weighted by Gasteiger charge is 2.31. The van der Waals surface area contributed by atoms with Crippen molar-refractivity contribution in [1.29, 1.82) is 0 Å². The number of rotatable bonds is 7. The van der Waals surface area contributed by atoms with E-state index in [0.717, 1.165) is 5.69 Å². The summed E-state index contributed by atoms with van der Waals surface area (Å²) in [5, 5.41) is 22.2. The molecule has 1 aliphatic heterocycles. The molecule has 1 amide bonds. The maximum absolute atomic E-state index is 13.4. The molecule has 1 N–H and O–H groups in total. The summed E-state index contributed by atoms with van der Waals surface area (Å²) in [5.74, 6) is -0.307. The van der Waals surface area contributed by atoms with E-state index in [1.807, 2.05) is 6.92 Å². The van der Waals surface area contributed by atoms with Gasteiger partial charge in [-0.3, -0.25) is 9.48 Å². The number of likely N-dealkylation sites (N-methyl/N-ethyl adjacent to an activating group) is 1. The molecule has 0 radical (unpaired) electrons. The second-order valence-electron chi connectivity index (χ2n) is 9.71.